The molecule has 2 aliphatic rings. The fraction of sp³-hybridized carbons (Fsp3) is 0.833. The zero-order valence-electron chi connectivity index (χ0n) is 10.0. The molecule has 0 aliphatic carbocycles. The lowest BCUT2D eigenvalue weighted by molar-refractivity contribution is -0.143. The van der Waals surface area contributed by atoms with Gasteiger partial charge in [0, 0.05) is 19.6 Å². The van der Waals surface area contributed by atoms with Gasteiger partial charge in [0.15, 0.2) is 0 Å². The molecule has 4 nitrogen and oxygen atoms in total. The number of alkyl halides is 1. The first-order chi connectivity index (χ1) is 8.24. The van der Waals surface area contributed by atoms with Crippen molar-refractivity contribution in [2.75, 3.05) is 25.0 Å². The standard InChI is InChI=1S/C12H19BrN2O2/c13-9-11(16)15-8-4-5-10(15)12(17)14-6-2-1-3-7-14/h10H,1-9H2. The van der Waals surface area contributed by atoms with Gasteiger partial charge in [0.05, 0.1) is 5.33 Å². The molecule has 0 bridgehead atoms. The number of carbonyl (C=O) groups excluding carboxylic acids is 2. The van der Waals surface area contributed by atoms with Gasteiger partial charge in [0.2, 0.25) is 11.8 Å². The lowest BCUT2D eigenvalue weighted by Gasteiger charge is -2.32. The molecule has 0 spiro atoms. The molecule has 0 aromatic rings. The van der Waals surface area contributed by atoms with Crippen LogP contribution in [0.2, 0.25) is 0 Å². The number of hydrogen-bond acceptors (Lipinski definition) is 2. The molecule has 0 radical (unpaired) electrons. The lowest BCUT2D eigenvalue weighted by Crippen LogP contribution is -2.49. The van der Waals surface area contributed by atoms with E-state index in [1.807, 2.05) is 4.90 Å². The Hall–Kier alpha value is -0.580. The zero-order valence-corrected chi connectivity index (χ0v) is 11.6. The van der Waals surface area contributed by atoms with Crippen LogP contribution in [0, 0.1) is 0 Å². The second-order valence-electron chi connectivity index (χ2n) is 4.76. The van der Waals surface area contributed by atoms with E-state index < -0.39 is 0 Å². The van der Waals surface area contributed by atoms with Crippen LogP contribution in [0.4, 0.5) is 0 Å². The minimum absolute atomic E-state index is 0.0397. The summed E-state index contributed by atoms with van der Waals surface area (Å²) in [5.41, 5.74) is 0. The predicted molar refractivity (Wildman–Crippen MR) is 69.0 cm³/mol. The molecule has 2 amide bonds. The third-order valence-corrected chi connectivity index (χ3v) is 4.12. The highest BCUT2D eigenvalue weighted by Crippen LogP contribution is 2.21. The number of amides is 2. The maximum Gasteiger partial charge on any atom is 0.245 e. The van der Waals surface area contributed by atoms with Crippen LogP contribution in [0.15, 0.2) is 0 Å². The third kappa shape index (κ3) is 2.81. The molecule has 1 atom stereocenters. The number of hydrogen-bond donors (Lipinski definition) is 0. The average molecular weight is 303 g/mol. The van der Waals surface area contributed by atoms with E-state index in [4.69, 9.17) is 0 Å². The highest BCUT2D eigenvalue weighted by Gasteiger charge is 2.36. The molecule has 5 heteroatoms. The smallest absolute Gasteiger partial charge is 0.245 e. The number of carbonyl (C=O) groups is 2. The molecule has 0 aromatic heterocycles. The van der Waals surface area contributed by atoms with Crippen LogP contribution in [-0.4, -0.2) is 52.6 Å². The van der Waals surface area contributed by atoms with Gasteiger partial charge in [0.1, 0.15) is 6.04 Å². The van der Waals surface area contributed by atoms with Gasteiger partial charge in [0.25, 0.3) is 0 Å². The van der Waals surface area contributed by atoms with E-state index in [-0.39, 0.29) is 17.9 Å². The summed E-state index contributed by atoms with van der Waals surface area (Å²) in [6.07, 6.45) is 5.20. The summed E-state index contributed by atoms with van der Waals surface area (Å²) in [4.78, 5) is 27.7. The second kappa shape index (κ2) is 5.85. The number of piperidine rings is 1. The van der Waals surface area contributed by atoms with Crippen LogP contribution in [0.5, 0.6) is 0 Å². The van der Waals surface area contributed by atoms with Crippen molar-refractivity contribution >= 4 is 27.7 Å². The second-order valence-corrected chi connectivity index (χ2v) is 5.33. The minimum Gasteiger partial charge on any atom is -0.341 e. The normalized spacial score (nSPS) is 25.1. The molecule has 2 rings (SSSR count). The fourth-order valence-electron chi connectivity index (χ4n) is 2.72. The first-order valence-electron chi connectivity index (χ1n) is 6.38. The average Bonchev–Trinajstić information content (AvgIpc) is 2.87. The van der Waals surface area contributed by atoms with E-state index in [9.17, 15) is 9.59 Å². The molecular weight excluding hydrogens is 284 g/mol. The first-order valence-corrected chi connectivity index (χ1v) is 7.50. The molecule has 2 aliphatic heterocycles. The maximum absolute atomic E-state index is 12.3. The van der Waals surface area contributed by atoms with Gasteiger partial charge in [-0.15, -0.1) is 0 Å². The van der Waals surface area contributed by atoms with Crippen molar-refractivity contribution in [2.45, 2.75) is 38.1 Å². The Balaban J connectivity index is 1.99. The summed E-state index contributed by atoms with van der Waals surface area (Å²) in [5, 5.41) is 0.316. The summed E-state index contributed by atoms with van der Waals surface area (Å²) in [6, 6.07) is -0.196. The Morgan fingerprint density at radius 2 is 1.76 bits per heavy atom. The highest BCUT2D eigenvalue weighted by atomic mass is 79.9. The van der Waals surface area contributed by atoms with Crippen LogP contribution < -0.4 is 0 Å². The molecule has 2 fully saturated rings. The van der Waals surface area contributed by atoms with Crippen molar-refractivity contribution in [2.24, 2.45) is 0 Å². The molecule has 1 unspecified atom stereocenters. The van der Waals surface area contributed by atoms with Gasteiger partial charge < -0.3 is 9.80 Å². The number of nitrogens with zero attached hydrogens (tertiary/aromatic N) is 2. The maximum atomic E-state index is 12.3. The van der Waals surface area contributed by atoms with Crippen molar-refractivity contribution in [3.05, 3.63) is 0 Å². The number of rotatable bonds is 2. The molecule has 0 aromatic carbocycles. The highest BCUT2D eigenvalue weighted by molar-refractivity contribution is 9.09. The summed E-state index contributed by atoms with van der Waals surface area (Å²) in [7, 11) is 0. The van der Waals surface area contributed by atoms with Gasteiger partial charge >= 0.3 is 0 Å². The molecule has 2 saturated heterocycles. The van der Waals surface area contributed by atoms with Crippen LogP contribution in [0.3, 0.4) is 0 Å². The molecule has 2 heterocycles. The van der Waals surface area contributed by atoms with Crippen molar-refractivity contribution < 1.29 is 9.59 Å². The predicted octanol–water partition coefficient (Wildman–Crippen LogP) is 1.38. The third-order valence-electron chi connectivity index (χ3n) is 3.64. The van der Waals surface area contributed by atoms with Gasteiger partial charge in [-0.05, 0) is 32.1 Å². The van der Waals surface area contributed by atoms with E-state index in [0.717, 1.165) is 45.3 Å². The lowest BCUT2D eigenvalue weighted by atomic mass is 10.1. The van der Waals surface area contributed by atoms with Gasteiger partial charge in [-0.25, -0.2) is 0 Å². The van der Waals surface area contributed by atoms with E-state index in [2.05, 4.69) is 15.9 Å². The summed E-state index contributed by atoms with van der Waals surface area (Å²) in [5.74, 6) is 0.203. The van der Waals surface area contributed by atoms with Crippen molar-refractivity contribution in [1.82, 2.24) is 9.80 Å². The van der Waals surface area contributed by atoms with E-state index >= 15 is 0 Å². The van der Waals surface area contributed by atoms with Crippen molar-refractivity contribution in [1.29, 1.82) is 0 Å². The van der Waals surface area contributed by atoms with Gasteiger partial charge in [-0.2, -0.15) is 0 Å². The Morgan fingerprint density at radius 1 is 1.06 bits per heavy atom. The molecular formula is C12H19BrN2O2. The topological polar surface area (TPSA) is 40.6 Å². The molecule has 0 saturated carbocycles. The Bertz CT molecular complexity index is 303. The SMILES string of the molecule is O=C(C1CCCN1C(=O)CBr)N1CCCCC1. The first kappa shape index (κ1) is 12.9. The van der Waals surface area contributed by atoms with E-state index in [1.165, 1.54) is 6.42 Å². The van der Waals surface area contributed by atoms with E-state index in [1.54, 1.807) is 4.90 Å². The van der Waals surface area contributed by atoms with Gasteiger partial charge in [-0.1, -0.05) is 15.9 Å². The number of halogens is 1. The minimum atomic E-state index is -0.196. The molecule has 96 valence electrons. The largest absolute Gasteiger partial charge is 0.341 e. The summed E-state index contributed by atoms with van der Waals surface area (Å²) in [6.45, 7) is 2.46. The van der Waals surface area contributed by atoms with Crippen LogP contribution in [0.25, 0.3) is 0 Å². The van der Waals surface area contributed by atoms with Crippen molar-refractivity contribution in [3.63, 3.8) is 0 Å². The number of likely N-dealkylation sites (tertiary alicyclic amines) is 2. The molecule has 17 heavy (non-hydrogen) atoms. The monoisotopic (exact) mass is 302 g/mol. The summed E-state index contributed by atoms with van der Waals surface area (Å²) < 4.78 is 0. The van der Waals surface area contributed by atoms with Crippen LogP contribution >= 0.6 is 15.9 Å². The Morgan fingerprint density at radius 3 is 2.41 bits per heavy atom. The van der Waals surface area contributed by atoms with Crippen LogP contribution in [0.1, 0.15) is 32.1 Å². The Kier molecular flexibility index (Phi) is 4.42. The van der Waals surface area contributed by atoms with E-state index in [0.29, 0.717) is 5.33 Å². The fourth-order valence-corrected chi connectivity index (χ4v) is 3.05. The summed E-state index contributed by atoms with van der Waals surface area (Å²) >= 11 is 3.18. The van der Waals surface area contributed by atoms with Crippen LogP contribution in [-0.2, 0) is 9.59 Å². The Labute approximate surface area is 110 Å². The van der Waals surface area contributed by atoms with Gasteiger partial charge in [-0.3, -0.25) is 9.59 Å². The quantitative estimate of drug-likeness (QED) is 0.723. The zero-order chi connectivity index (χ0) is 12.3. The molecule has 0 N–H and O–H groups in total. The van der Waals surface area contributed by atoms with Crippen molar-refractivity contribution in [3.8, 4) is 0 Å².